The van der Waals surface area contributed by atoms with Gasteiger partial charge in [0.05, 0.1) is 35.9 Å². The van der Waals surface area contributed by atoms with E-state index in [1.54, 1.807) is 29.2 Å². The van der Waals surface area contributed by atoms with Gasteiger partial charge in [0.2, 0.25) is 5.88 Å². The first-order chi connectivity index (χ1) is 15.5. The summed E-state index contributed by atoms with van der Waals surface area (Å²) >= 11 is 1.41. The quantitative estimate of drug-likeness (QED) is 0.340. The van der Waals surface area contributed by atoms with Crippen LogP contribution in [0.15, 0.2) is 41.4 Å². The molecule has 0 aliphatic carbocycles. The molecule has 0 spiro atoms. The topological polar surface area (TPSA) is 126 Å². The van der Waals surface area contributed by atoms with Crippen LogP contribution in [0.4, 0.5) is 5.69 Å². The number of amides is 1. The fourth-order valence-electron chi connectivity index (χ4n) is 2.77. The van der Waals surface area contributed by atoms with Gasteiger partial charge < -0.3 is 19.5 Å². The first-order valence-electron chi connectivity index (χ1n) is 9.74. The average molecular weight is 458 g/mol. The van der Waals surface area contributed by atoms with Gasteiger partial charge in [0.1, 0.15) is 12.2 Å². The lowest BCUT2D eigenvalue weighted by atomic mass is 10.1. The summed E-state index contributed by atoms with van der Waals surface area (Å²) in [6, 6.07) is 5.96. The number of hydrogen-bond donors (Lipinski definition) is 1. The maximum absolute atomic E-state index is 12.8. The van der Waals surface area contributed by atoms with Crippen molar-refractivity contribution in [1.29, 1.82) is 0 Å². The molecule has 3 aromatic rings. The van der Waals surface area contributed by atoms with E-state index in [0.29, 0.717) is 23.7 Å². The van der Waals surface area contributed by atoms with Crippen molar-refractivity contribution in [1.82, 2.24) is 15.3 Å². The Morgan fingerprint density at radius 1 is 1.25 bits per heavy atom. The molecule has 0 radical (unpaired) electrons. The molecule has 168 valence electrons. The minimum absolute atomic E-state index is 0.0905. The van der Waals surface area contributed by atoms with Crippen LogP contribution in [-0.4, -0.2) is 34.5 Å². The number of hydrogen-bond acceptors (Lipinski definition) is 9. The van der Waals surface area contributed by atoms with E-state index in [0.717, 1.165) is 6.42 Å². The molecule has 0 aliphatic rings. The lowest BCUT2D eigenvalue weighted by molar-refractivity contribution is -0.385. The number of nitrogens with zero attached hydrogens (tertiary/aromatic N) is 3. The minimum atomic E-state index is -0.635. The summed E-state index contributed by atoms with van der Waals surface area (Å²) in [5, 5.41) is 16.1. The van der Waals surface area contributed by atoms with Crippen molar-refractivity contribution in [2.24, 2.45) is 0 Å². The molecule has 0 atom stereocenters. The molecular formula is C21H22N4O6S. The highest BCUT2D eigenvalue weighted by Gasteiger charge is 2.25. The lowest BCUT2D eigenvalue weighted by Crippen LogP contribution is -2.24. The Labute approximate surface area is 188 Å². The molecule has 0 saturated heterocycles. The molecule has 0 aliphatic heterocycles. The molecule has 32 heavy (non-hydrogen) atoms. The Bertz CT molecular complexity index is 1070. The Morgan fingerprint density at radius 2 is 2.09 bits per heavy atom. The van der Waals surface area contributed by atoms with Gasteiger partial charge in [-0.05, 0) is 12.5 Å². The number of nitro benzene ring substituents is 1. The number of nitrogens with one attached hydrogen (secondary N) is 1. The second-order valence-corrected chi connectivity index (χ2v) is 7.26. The van der Waals surface area contributed by atoms with Crippen LogP contribution >= 0.6 is 11.3 Å². The van der Waals surface area contributed by atoms with Gasteiger partial charge in [-0.3, -0.25) is 14.9 Å². The van der Waals surface area contributed by atoms with Crippen molar-refractivity contribution in [2.45, 2.75) is 26.5 Å². The first-order valence-corrected chi connectivity index (χ1v) is 10.7. The highest BCUT2D eigenvalue weighted by Crippen LogP contribution is 2.35. The predicted molar refractivity (Wildman–Crippen MR) is 117 cm³/mol. The van der Waals surface area contributed by atoms with Gasteiger partial charge in [-0.15, -0.1) is 11.3 Å². The summed E-state index contributed by atoms with van der Waals surface area (Å²) in [5.74, 6) is 0.120. The third kappa shape index (κ3) is 5.70. The Hall–Kier alpha value is -3.73. The molecule has 0 fully saturated rings. The van der Waals surface area contributed by atoms with Crippen molar-refractivity contribution in [2.75, 3.05) is 13.7 Å². The van der Waals surface area contributed by atoms with Crippen molar-refractivity contribution in [3.05, 3.63) is 68.3 Å². The van der Waals surface area contributed by atoms with Crippen molar-refractivity contribution in [3.8, 4) is 17.4 Å². The average Bonchev–Trinajstić information content (AvgIpc) is 3.33. The minimum Gasteiger partial charge on any atom is -0.493 e. The Kier molecular flexibility index (Phi) is 7.92. The number of rotatable bonds is 11. The zero-order valence-electron chi connectivity index (χ0n) is 17.6. The van der Waals surface area contributed by atoms with Gasteiger partial charge in [-0.1, -0.05) is 13.0 Å². The van der Waals surface area contributed by atoms with Gasteiger partial charge in [0.25, 0.3) is 11.6 Å². The molecule has 1 amide bonds. The molecule has 1 aromatic carbocycles. The van der Waals surface area contributed by atoms with Gasteiger partial charge in [0, 0.05) is 29.8 Å². The zero-order valence-corrected chi connectivity index (χ0v) is 18.4. The maximum atomic E-state index is 12.8. The Balaban J connectivity index is 1.80. The number of pyridine rings is 1. The van der Waals surface area contributed by atoms with Crippen LogP contribution in [-0.2, 0) is 13.2 Å². The van der Waals surface area contributed by atoms with Crippen molar-refractivity contribution < 1.29 is 23.9 Å². The summed E-state index contributed by atoms with van der Waals surface area (Å²) in [5.41, 5.74) is 2.46. The third-order valence-electron chi connectivity index (χ3n) is 4.31. The summed E-state index contributed by atoms with van der Waals surface area (Å²) in [6.07, 6.45) is 2.40. The van der Waals surface area contributed by atoms with E-state index in [2.05, 4.69) is 15.3 Å². The van der Waals surface area contributed by atoms with Crippen LogP contribution in [0.2, 0.25) is 0 Å². The van der Waals surface area contributed by atoms with E-state index in [1.165, 1.54) is 30.6 Å². The predicted octanol–water partition coefficient (Wildman–Crippen LogP) is 3.75. The van der Waals surface area contributed by atoms with Gasteiger partial charge in [-0.2, -0.15) is 0 Å². The monoisotopic (exact) mass is 458 g/mol. The summed E-state index contributed by atoms with van der Waals surface area (Å²) < 4.78 is 16.5. The number of carbonyl (C=O) groups excluding carboxylic acids is 1. The van der Waals surface area contributed by atoms with Crippen LogP contribution in [0, 0.1) is 10.1 Å². The van der Waals surface area contributed by atoms with E-state index in [-0.39, 0.29) is 30.2 Å². The second kappa shape index (κ2) is 11.0. The zero-order chi connectivity index (χ0) is 22.9. The summed E-state index contributed by atoms with van der Waals surface area (Å²) in [4.78, 5) is 32.1. The summed E-state index contributed by atoms with van der Waals surface area (Å²) in [6.45, 7) is 2.67. The van der Waals surface area contributed by atoms with E-state index < -0.39 is 16.5 Å². The molecular weight excluding hydrogens is 436 g/mol. The molecule has 3 rings (SSSR count). The second-order valence-electron chi connectivity index (χ2n) is 6.54. The molecule has 11 heteroatoms. The standard InChI is InChI=1S/C21H22N4O6S/c1-3-7-30-21-14(5-4-6-22-21)10-23-20(26)16-8-18(29-2)19(9-17(16)25(27)28)31-11-15-12-32-13-24-15/h4-6,8-9,12-13H,3,7,10-11H2,1-2H3,(H,23,26). The third-order valence-corrected chi connectivity index (χ3v) is 4.95. The molecule has 2 heterocycles. The van der Waals surface area contributed by atoms with Gasteiger partial charge in [0.15, 0.2) is 11.5 Å². The van der Waals surface area contributed by atoms with Gasteiger partial charge >= 0.3 is 0 Å². The SMILES string of the molecule is CCCOc1ncccc1CNC(=O)c1cc(OC)c(OCc2cscn2)cc1[N+](=O)[O-]. The maximum Gasteiger partial charge on any atom is 0.286 e. The molecule has 10 nitrogen and oxygen atoms in total. The fourth-order valence-corrected chi connectivity index (χ4v) is 3.32. The lowest BCUT2D eigenvalue weighted by Gasteiger charge is -2.13. The Morgan fingerprint density at radius 3 is 2.78 bits per heavy atom. The normalized spacial score (nSPS) is 10.4. The van der Waals surface area contributed by atoms with Crippen LogP contribution in [0.1, 0.15) is 35.0 Å². The number of methoxy groups -OCH3 is 1. The number of aromatic nitrogens is 2. The molecule has 1 N–H and O–H groups in total. The van der Waals surface area contributed by atoms with E-state index >= 15 is 0 Å². The van der Waals surface area contributed by atoms with E-state index in [9.17, 15) is 14.9 Å². The van der Waals surface area contributed by atoms with Crippen molar-refractivity contribution >= 4 is 22.9 Å². The van der Waals surface area contributed by atoms with Crippen LogP contribution in [0.5, 0.6) is 17.4 Å². The number of benzene rings is 1. The molecule has 2 aromatic heterocycles. The highest BCUT2D eigenvalue weighted by atomic mass is 32.1. The largest absolute Gasteiger partial charge is 0.493 e. The molecule has 0 bridgehead atoms. The van der Waals surface area contributed by atoms with Crippen molar-refractivity contribution in [3.63, 3.8) is 0 Å². The molecule has 0 unspecified atom stereocenters. The van der Waals surface area contributed by atoms with Crippen LogP contribution in [0.3, 0.4) is 0 Å². The molecule has 0 saturated carbocycles. The van der Waals surface area contributed by atoms with Crippen LogP contribution < -0.4 is 19.5 Å². The smallest absolute Gasteiger partial charge is 0.286 e. The summed E-state index contributed by atoms with van der Waals surface area (Å²) in [7, 11) is 1.39. The number of carbonyl (C=O) groups is 1. The van der Waals surface area contributed by atoms with E-state index in [4.69, 9.17) is 14.2 Å². The van der Waals surface area contributed by atoms with E-state index in [1.807, 2.05) is 6.92 Å². The van der Waals surface area contributed by atoms with Gasteiger partial charge in [-0.25, -0.2) is 9.97 Å². The first kappa shape index (κ1) is 22.9. The number of nitro groups is 1. The number of thiazole rings is 1. The van der Waals surface area contributed by atoms with Crippen LogP contribution in [0.25, 0.3) is 0 Å². The number of ether oxygens (including phenoxy) is 3. The fraction of sp³-hybridized carbons (Fsp3) is 0.286. The highest BCUT2D eigenvalue weighted by molar-refractivity contribution is 7.07.